The quantitative estimate of drug-likeness (QED) is 0.779. The molecule has 1 saturated heterocycles. The second-order valence-electron chi connectivity index (χ2n) is 4.44. The molecular weight excluding hydrogens is 180 g/mol. The van der Waals surface area contributed by atoms with Gasteiger partial charge in [-0.2, -0.15) is 0 Å². The molecule has 0 aromatic carbocycles. The first-order valence-electron chi connectivity index (χ1n) is 4.93. The van der Waals surface area contributed by atoms with Crippen LogP contribution in [0.5, 0.6) is 0 Å². The van der Waals surface area contributed by atoms with Crippen LogP contribution >= 0.6 is 0 Å². The van der Waals surface area contributed by atoms with Crippen LogP contribution < -0.4 is 0 Å². The van der Waals surface area contributed by atoms with E-state index in [4.69, 9.17) is 4.52 Å². The number of hydrogen-bond acceptors (Lipinski definition) is 4. The first-order valence-corrected chi connectivity index (χ1v) is 4.93. The molecule has 0 unspecified atom stereocenters. The van der Waals surface area contributed by atoms with Crippen molar-refractivity contribution in [2.45, 2.75) is 26.0 Å². The first kappa shape index (κ1) is 9.68. The predicted molar refractivity (Wildman–Crippen MR) is 51.6 cm³/mol. The zero-order valence-corrected chi connectivity index (χ0v) is 8.60. The van der Waals surface area contributed by atoms with Crippen LogP contribution in [0.2, 0.25) is 0 Å². The molecule has 0 saturated carbocycles. The standard InChI is InChI=1S/C10H16N2O2/c1-8(2)10(13)6-12(7-10)4-9-3-11-14-5-9/h3,5,8,13H,4,6-7H2,1-2H3. The van der Waals surface area contributed by atoms with Crippen LogP contribution in [-0.2, 0) is 6.54 Å². The molecule has 14 heavy (non-hydrogen) atoms. The molecule has 0 atom stereocenters. The minimum atomic E-state index is -0.489. The van der Waals surface area contributed by atoms with E-state index in [1.54, 1.807) is 12.5 Å². The molecule has 1 aliphatic rings. The lowest BCUT2D eigenvalue weighted by atomic mass is 9.83. The molecule has 1 N–H and O–H groups in total. The highest BCUT2D eigenvalue weighted by atomic mass is 16.5. The van der Waals surface area contributed by atoms with Crippen molar-refractivity contribution < 1.29 is 9.63 Å². The van der Waals surface area contributed by atoms with E-state index >= 15 is 0 Å². The zero-order chi connectivity index (χ0) is 10.2. The summed E-state index contributed by atoms with van der Waals surface area (Å²) in [5.74, 6) is 0.321. The van der Waals surface area contributed by atoms with Gasteiger partial charge in [0.2, 0.25) is 0 Å². The number of aliphatic hydroxyl groups is 1. The Labute approximate surface area is 83.5 Å². The van der Waals surface area contributed by atoms with E-state index in [0.717, 1.165) is 25.2 Å². The van der Waals surface area contributed by atoms with E-state index in [9.17, 15) is 5.11 Å². The Kier molecular flexibility index (Phi) is 2.33. The van der Waals surface area contributed by atoms with Crippen molar-refractivity contribution in [2.24, 2.45) is 5.92 Å². The summed E-state index contributed by atoms with van der Waals surface area (Å²) in [6.45, 7) is 6.41. The van der Waals surface area contributed by atoms with Gasteiger partial charge in [-0.15, -0.1) is 0 Å². The van der Waals surface area contributed by atoms with Gasteiger partial charge in [0.05, 0.1) is 11.8 Å². The summed E-state index contributed by atoms with van der Waals surface area (Å²) in [7, 11) is 0. The average molecular weight is 196 g/mol. The summed E-state index contributed by atoms with van der Waals surface area (Å²) in [5, 5.41) is 13.6. The summed E-state index contributed by atoms with van der Waals surface area (Å²) >= 11 is 0. The van der Waals surface area contributed by atoms with Crippen molar-refractivity contribution >= 4 is 0 Å². The van der Waals surface area contributed by atoms with Gasteiger partial charge in [-0.1, -0.05) is 19.0 Å². The minimum Gasteiger partial charge on any atom is -0.387 e. The molecule has 0 radical (unpaired) electrons. The van der Waals surface area contributed by atoms with E-state index in [1.807, 2.05) is 0 Å². The topological polar surface area (TPSA) is 49.5 Å². The van der Waals surface area contributed by atoms with Crippen LogP contribution in [-0.4, -0.2) is 33.9 Å². The van der Waals surface area contributed by atoms with Crippen LogP contribution in [0, 0.1) is 5.92 Å². The van der Waals surface area contributed by atoms with Gasteiger partial charge < -0.3 is 9.63 Å². The number of hydrogen-bond donors (Lipinski definition) is 1. The molecule has 1 aliphatic heterocycles. The molecule has 0 amide bonds. The lowest BCUT2D eigenvalue weighted by Crippen LogP contribution is -2.63. The monoisotopic (exact) mass is 196 g/mol. The van der Waals surface area contributed by atoms with Gasteiger partial charge in [-0.3, -0.25) is 4.90 Å². The molecule has 0 bridgehead atoms. The number of aromatic nitrogens is 1. The van der Waals surface area contributed by atoms with Gasteiger partial charge in [-0.05, 0) is 5.92 Å². The number of β-amino-alcohol motifs (C(OH)–C–C–N with tert-alkyl or cyclic N) is 1. The van der Waals surface area contributed by atoms with Gasteiger partial charge in [0.15, 0.2) is 0 Å². The molecule has 1 aromatic rings. The Bertz CT molecular complexity index is 289. The summed E-state index contributed by atoms with van der Waals surface area (Å²) in [5.41, 5.74) is 0.577. The Morgan fingerprint density at radius 3 is 2.86 bits per heavy atom. The van der Waals surface area contributed by atoms with Crippen LogP contribution in [0.3, 0.4) is 0 Å². The van der Waals surface area contributed by atoms with Crippen molar-refractivity contribution in [1.29, 1.82) is 0 Å². The predicted octanol–water partition coefficient (Wildman–Crippen LogP) is 0.877. The second-order valence-corrected chi connectivity index (χ2v) is 4.44. The Hall–Kier alpha value is -0.870. The highest BCUT2D eigenvalue weighted by Gasteiger charge is 2.43. The maximum atomic E-state index is 10.0. The van der Waals surface area contributed by atoms with E-state index in [-0.39, 0.29) is 0 Å². The van der Waals surface area contributed by atoms with Crippen molar-refractivity contribution in [1.82, 2.24) is 10.1 Å². The lowest BCUT2D eigenvalue weighted by Gasteiger charge is -2.49. The maximum absolute atomic E-state index is 10.0. The van der Waals surface area contributed by atoms with Crippen LogP contribution in [0.15, 0.2) is 17.0 Å². The normalized spacial score (nSPS) is 21.1. The second kappa shape index (κ2) is 3.37. The average Bonchev–Trinajstić information content (AvgIpc) is 2.53. The fourth-order valence-electron chi connectivity index (χ4n) is 1.77. The van der Waals surface area contributed by atoms with Gasteiger partial charge in [-0.25, -0.2) is 0 Å². The van der Waals surface area contributed by atoms with Gasteiger partial charge in [0, 0.05) is 25.2 Å². The summed E-state index contributed by atoms with van der Waals surface area (Å²) in [6, 6.07) is 0. The Morgan fingerprint density at radius 1 is 1.64 bits per heavy atom. The van der Waals surface area contributed by atoms with E-state index in [0.29, 0.717) is 5.92 Å². The Balaban J connectivity index is 1.84. The first-order chi connectivity index (χ1) is 6.60. The summed E-state index contributed by atoms with van der Waals surface area (Å²) < 4.78 is 4.74. The Morgan fingerprint density at radius 2 is 2.36 bits per heavy atom. The molecule has 0 spiro atoms. The SMILES string of the molecule is CC(C)C1(O)CN(Cc2cnoc2)C1. The molecule has 78 valence electrons. The van der Waals surface area contributed by atoms with Gasteiger partial charge in [0.25, 0.3) is 0 Å². The third-order valence-electron chi connectivity index (χ3n) is 2.96. The van der Waals surface area contributed by atoms with Crippen LogP contribution in [0.25, 0.3) is 0 Å². The highest BCUT2D eigenvalue weighted by Crippen LogP contribution is 2.29. The molecule has 0 aliphatic carbocycles. The fourth-order valence-corrected chi connectivity index (χ4v) is 1.77. The minimum absolute atomic E-state index is 0.321. The third kappa shape index (κ3) is 1.67. The van der Waals surface area contributed by atoms with Crippen molar-refractivity contribution in [2.75, 3.05) is 13.1 Å². The van der Waals surface area contributed by atoms with Crippen molar-refractivity contribution in [3.8, 4) is 0 Å². The summed E-state index contributed by atoms with van der Waals surface area (Å²) in [6.07, 6.45) is 3.36. The van der Waals surface area contributed by atoms with E-state index < -0.39 is 5.60 Å². The van der Waals surface area contributed by atoms with Crippen LogP contribution in [0.4, 0.5) is 0 Å². The lowest BCUT2D eigenvalue weighted by molar-refractivity contribution is -0.130. The largest absolute Gasteiger partial charge is 0.387 e. The smallest absolute Gasteiger partial charge is 0.128 e. The number of nitrogens with zero attached hydrogens (tertiary/aromatic N) is 2. The van der Waals surface area contributed by atoms with Crippen molar-refractivity contribution in [3.63, 3.8) is 0 Å². The highest BCUT2D eigenvalue weighted by molar-refractivity contribution is 5.05. The molecule has 2 rings (SSSR count). The number of likely N-dealkylation sites (tertiary alicyclic amines) is 1. The van der Waals surface area contributed by atoms with E-state index in [1.165, 1.54) is 0 Å². The maximum Gasteiger partial charge on any atom is 0.128 e. The third-order valence-corrected chi connectivity index (χ3v) is 2.96. The summed E-state index contributed by atoms with van der Waals surface area (Å²) in [4.78, 5) is 2.19. The van der Waals surface area contributed by atoms with Crippen molar-refractivity contribution in [3.05, 3.63) is 18.0 Å². The van der Waals surface area contributed by atoms with E-state index in [2.05, 4.69) is 23.9 Å². The van der Waals surface area contributed by atoms with Gasteiger partial charge in [0.1, 0.15) is 6.26 Å². The van der Waals surface area contributed by atoms with Crippen LogP contribution in [0.1, 0.15) is 19.4 Å². The number of rotatable bonds is 3. The fraction of sp³-hybridized carbons (Fsp3) is 0.700. The molecule has 2 heterocycles. The zero-order valence-electron chi connectivity index (χ0n) is 8.60. The van der Waals surface area contributed by atoms with Gasteiger partial charge >= 0.3 is 0 Å². The molecule has 1 fully saturated rings. The molecule has 4 heteroatoms. The molecular formula is C10H16N2O2. The molecule has 1 aromatic heterocycles. The molecule has 4 nitrogen and oxygen atoms in total.